The van der Waals surface area contributed by atoms with Crippen molar-refractivity contribution in [1.29, 1.82) is 0 Å². The number of rotatable bonds is 1. The molecule has 6 heteroatoms. The minimum absolute atomic E-state index is 0.0000743. The van der Waals surface area contributed by atoms with Crippen molar-refractivity contribution in [2.75, 3.05) is 0 Å². The molecule has 0 atom stereocenters. The quantitative estimate of drug-likeness (QED) is 0.688. The molecular weight excluding hydrogens is 316 g/mol. The van der Waals surface area contributed by atoms with Gasteiger partial charge < -0.3 is 0 Å². The van der Waals surface area contributed by atoms with E-state index in [4.69, 9.17) is 46.4 Å². The van der Waals surface area contributed by atoms with Crippen LogP contribution in [0.15, 0.2) is 55.5 Å². The third-order valence-electron chi connectivity index (χ3n) is 2.20. The average molecular weight is 321 g/mol. The summed E-state index contributed by atoms with van der Waals surface area (Å²) >= 11 is 23.4. The first-order valence-corrected chi connectivity index (χ1v) is 6.33. The van der Waals surface area contributed by atoms with Crippen LogP contribution in [0, 0.1) is 0 Å². The standard InChI is InChI=1S/C12H5Cl4NO/c13-7-8(14)10(16)12(18)11(9(7)15)17-6-4-2-1-3-5-6/h1-5H. The molecule has 0 heterocycles. The van der Waals surface area contributed by atoms with Gasteiger partial charge in [-0.2, -0.15) is 0 Å². The van der Waals surface area contributed by atoms with Gasteiger partial charge in [-0.05, 0) is 12.1 Å². The van der Waals surface area contributed by atoms with Gasteiger partial charge in [-0.3, -0.25) is 4.79 Å². The number of halogens is 4. The molecular formula is C12H5Cl4NO. The fourth-order valence-corrected chi connectivity index (χ4v) is 2.20. The largest absolute Gasteiger partial charge is 0.286 e. The van der Waals surface area contributed by atoms with Gasteiger partial charge in [0.2, 0.25) is 5.78 Å². The number of carbonyl (C=O) groups excluding carboxylic acids is 1. The van der Waals surface area contributed by atoms with Crippen LogP contribution in [0.25, 0.3) is 0 Å². The van der Waals surface area contributed by atoms with Gasteiger partial charge in [0.25, 0.3) is 0 Å². The summed E-state index contributed by atoms with van der Waals surface area (Å²) in [5.41, 5.74) is 0.563. The second-order valence-electron chi connectivity index (χ2n) is 3.38. The molecule has 2 rings (SSSR count). The highest BCUT2D eigenvalue weighted by Gasteiger charge is 2.30. The Morgan fingerprint density at radius 1 is 0.778 bits per heavy atom. The van der Waals surface area contributed by atoms with Gasteiger partial charge in [0.1, 0.15) is 10.7 Å². The molecule has 0 spiro atoms. The third-order valence-corrected chi connectivity index (χ3v) is 3.97. The van der Waals surface area contributed by atoms with E-state index in [1.807, 2.05) is 6.07 Å². The summed E-state index contributed by atoms with van der Waals surface area (Å²) in [6, 6.07) is 8.87. The molecule has 0 aromatic heterocycles. The summed E-state index contributed by atoms with van der Waals surface area (Å²) in [6.07, 6.45) is 0. The van der Waals surface area contributed by atoms with Crippen LogP contribution in [-0.4, -0.2) is 11.5 Å². The fourth-order valence-electron chi connectivity index (χ4n) is 1.33. The molecule has 0 unspecified atom stereocenters. The molecule has 0 saturated heterocycles. The van der Waals surface area contributed by atoms with Gasteiger partial charge in [0.05, 0.1) is 20.8 Å². The Kier molecular flexibility index (Phi) is 4.13. The maximum absolute atomic E-state index is 11.9. The van der Waals surface area contributed by atoms with Crippen LogP contribution in [0.4, 0.5) is 5.69 Å². The maximum atomic E-state index is 11.9. The number of carbonyl (C=O) groups is 1. The predicted molar refractivity (Wildman–Crippen MR) is 76.0 cm³/mol. The smallest absolute Gasteiger partial charge is 0.225 e. The van der Waals surface area contributed by atoms with Crippen molar-refractivity contribution < 1.29 is 4.79 Å². The van der Waals surface area contributed by atoms with E-state index in [9.17, 15) is 4.79 Å². The number of aliphatic imine (C=N–C) groups is 1. The van der Waals surface area contributed by atoms with E-state index in [1.54, 1.807) is 24.3 Å². The number of hydrogen-bond acceptors (Lipinski definition) is 2. The van der Waals surface area contributed by atoms with E-state index in [-0.39, 0.29) is 25.8 Å². The van der Waals surface area contributed by atoms with Crippen molar-refractivity contribution in [3.8, 4) is 0 Å². The van der Waals surface area contributed by atoms with Crippen LogP contribution in [0.3, 0.4) is 0 Å². The van der Waals surface area contributed by atoms with Crippen LogP contribution in [-0.2, 0) is 4.79 Å². The van der Waals surface area contributed by atoms with Crippen molar-refractivity contribution in [2.45, 2.75) is 0 Å². The van der Waals surface area contributed by atoms with Crippen molar-refractivity contribution in [3.63, 3.8) is 0 Å². The van der Waals surface area contributed by atoms with Crippen molar-refractivity contribution >= 4 is 63.6 Å². The number of allylic oxidation sites excluding steroid dienone is 4. The minimum Gasteiger partial charge on any atom is -0.286 e. The third kappa shape index (κ3) is 2.47. The lowest BCUT2D eigenvalue weighted by Gasteiger charge is -2.13. The molecule has 1 aliphatic carbocycles. The molecule has 0 aliphatic heterocycles. The van der Waals surface area contributed by atoms with E-state index >= 15 is 0 Å². The van der Waals surface area contributed by atoms with Crippen LogP contribution in [0.5, 0.6) is 0 Å². The summed E-state index contributed by atoms with van der Waals surface area (Å²) in [7, 11) is 0. The Labute approximate surface area is 124 Å². The lowest BCUT2D eigenvalue weighted by atomic mass is 10.1. The number of ketones is 1. The Balaban J connectivity index is 2.54. The van der Waals surface area contributed by atoms with E-state index in [1.165, 1.54) is 0 Å². The van der Waals surface area contributed by atoms with Crippen LogP contribution in [0.2, 0.25) is 0 Å². The molecule has 92 valence electrons. The van der Waals surface area contributed by atoms with Gasteiger partial charge >= 0.3 is 0 Å². The van der Waals surface area contributed by atoms with E-state index in [2.05, 4.69) is 4.99 Å². The van der Waals surface area contributed by atoms with E-state index in [0.717, 1.165) is 0 Å². The number of benzene rings is 1. The van der Waals surface area contributed by atoms with Gasteiger partial charge in [-0.25, -0.2) is 4.99 Å². The zero-order valence-electron chi connectivity index (χ0n) is 8.75. The Morgan fingerprint density at radius 2 is 1.33 bits per heavy atom. The topological polar surface area (TPSA) is 29.4 Å². The molecule has 0 N–H and O–H groups in total. The number of Topliss-reactive ketones (excluding diaryl/α,β-unsaturated/α-hetero) is 1. The highest BCUT2D eigenvalue weighted by atomic mass is 35.5. The number of hydrogen-bond donors (Lipinski definition) is 0. The molecule has 0 saturated carbocycles. The molecule has 1 aromatic carbocycles. The van der Waals surface area contributed by atoms with Crippen LogP contribution < -0.4 is 0 Å². The predicted octanol–water partition coefficient (Wildman–Crippen LogP) is 4.72. The first-order chi connectivity index (χ1) is 8.52. The zero-order valence-corrected chi connectivity index (χ0v) is 11.8. The molecule has 1 aliphatic rings. The Morgan fingerprint density at radius 3 is 1.94 bits per heavy atom. The molecule has 0 fully saturated rings. The lowest BCUT2D eigenvalue weighted by molar-refractivity contribution is -0.109. The van der Waals surface area contributed by atoms with Crippen molar-refractivity contribution in [1.82, 2.24) is 0 Å². The molecule has 1 aromatic rings. The average Bonchev–Trinajstić information content (AvgIpc) is 2.40. The Hall–Kier alpha value is -0.800. The van der Waals surface area contributed by atoms with Crippen LogP contribution in [0.1, 0.15) is 0 Å². The summed E-state index contributed by atoms with van der Waals surface area (Å²) in [4.78, 5) is 16.0. The molecule has 2 nitrogen and oxygen atoms in total. The minimum atomic E-state index is -0.542. The highest BCUT2D eigenvalue weighted by Crippen LogP contribution is 2.36. The molecule has 18 heavy (non-hydrogen) atoms. The Bertz CT molecular complexity index is 602. The van der Waals surface area contributed by atoms with E-state index in [0.29, 0.717) is 5.69 Å². The number of para-hydroxylation sites is 1. The summed E-state index contributed by atoms with van der Waals surface area (Å²) in [5.74, 6) is -0.542. The summed E-state index contributed by atoms with van der Waals surface area (Å²) < 4.78 is 0. The second kappa shape index (κ2) is 5.45. The van der Waals surface area contributed by atoms with Crippen molar-refractivity contribution in [3.05, 3.63) is 50.5 Å². The zero-order chi connectivity index (χ0) is 13.3. The first-order valence-electron chi connectivity index (χ1n) is 4.82. The maximum Gasteiger partial charge on any atom is 0.225 e. The molecule has 0 radical (unpaired) electrons. The summed E-state index contributed by atoms with van der Waals surface area (Å²) in [5, 5.41) is -0.210. The first kappa shape index (κ1) is 13.6. The molecule has 0 amide bonds. The normalized spacial score (nSPS) is 18.9. The van der Waals surface area contributed by atoms with Gasteiger partial charge in [0.15, 0.2) is 0 Å². The SMILES string of the molecule is O=C1C(=Nc2ccccc2)C(Cl)=C(Cl)C(Cl)=C1Cl. The summed E-state index contributed by atoms with van der Waals surface area (Å²) in [6.45, 7) is 0. The second-order valence-corrected chi connectivity index (χ2v) is 4.89. The monoisotopic (exact) mass is 319 g/mol. The molecule has 0 bridgehead atoms. The highest BCUT2D eigenvalue weighted by molar-refractivity contribution is 6.74. The van der Waals surface area contributed by atoms with Crippen LogP contribution >= 0.6 is 46.4 Å². The van der Waals surface area contributed by atoms with E-state index < -0.39 is 5.78 Å². The fraction of sp³-hybridized carbons (Fsp3) is 0. The number of nitrogens with zero attached hydrogens (tertiary/aromatic N) is 1. The van der Waals surface area contributed by atoms with Gasteiger partial charge in [-0.15, -0.1) is 0 Å². The van der Waals surface area contributed by atoms with Gasteiger partial charge in [0, 0.05) is 0 Å². The van der Waals surface area contributed by atoms with Gasteiger partial charge in [-0.1, -0.05) is 64.6 Å². The lowest BCUT2D eigenvalue weighted by Crippen LogP contribution is -2.20. The van der Waals surface area contributed by atoms with Crippen molar-refractivity contribution in [2.24, 2.45) is 4.99 Å².